The number of hydrogen-bond acceptors (Lipinski definition) is 2. The number of carbonyl (C=O) groups excluding carboxylic acids is 2. The number of amides is 2. The summed E-state index contributed by atoms with van der Waals surface area (Å²) in [5.74, 6) is 0.847. The lowest BCUT2D eigenvalue weighted by Gasteiger charge is -2.40. The Morgan fingerprint density at radius 2 is 1.78 bits per heavy atom. The van der Waals surface area contributed by atoms with Gasteiger partial charge in [-0.25, -0.2) is 0 Å². The standard InChI is InChI=1S/C14H22N2O2/c17-12-10-16(9-11-5-1-2-6-11)13(18)14(15-12)7-3-4-8-14/h11H,1-10H2,(H,15,17). The molecule has 0 aromatic rings. The molecule has 4 nitrogen and oxygen atoms in total. The van der Waals surface area contributed by atoms with Gasteiger partial charge in [0.15, 0.2) is 0 Å². The third-order valence-electron chi connectivity index (χ3n) is 4.82. The molecule has 0 aromatic carbocycles. The molecule has 3 aliphatic rings. The van der Waals surface area contributed by atoms with E-state index in [0.29, 0.717) is 5.92 Å². The molecule has 0 atom stereocenters. The fourth-order valence-electron chi connectivity index (χ4n) is 3.88. The second-order valence-electron chi connectivity index (χ2n) is 6.17. The molecule has 1 spiro atoms. The molecular formula is C14H22N2O2. The van der Waals surface area contributed by atoms with Gasteiger partial charge in [-0.05, 0) is 31.6 Å². The fourth-order valence-corrected chi connectivity index (χ4v) is 3.88. The van der Waals surface area contributed by atoms with E-state index >= 15 is 0 Å². The third-order valence-corrected chi connectivity index (χ3v) is 4.82. The third kappa shape index (κ3) is 2.02. The first-order valence-corrected chi connectivity index (χ1v) is 7.30. The number of nitrogens with one attached hydrogen (secondary N) is 1. The van der Waals surface area contributed by atoms with Crippen molar-refractivity contribution in [3.8, 4) is 0 Å². The molecule has 3 rings (SSSR count). The van der Waals surface area contributed by atoms with Crippen LogP contribution >= 0.6 is 0 Å². The highest BCUT2D eigenvalue weighted by atomic mass is 16.2. The van der Waals surface area contributed by atoms with E-state index in [4.69, 9.17) is 0 Å². The topological polar surface area (TPSA) is 49.4 Å². The monoisotopic (exact) mass is 250 g/mol. The van der Waals surface area contributed by atoms with Crippen molar-refractivity contribution in [2.24, 2.45) is 5.92 Å². The van der Waals surface area contributed by atoms with Gasteiger partial charge < -0.3 is 10.2 Å². The van der Waals surface area contributed by atoms with Gasteiger partial charge in [-0.3, -0.25) is 9.59 Å². The Bertz CT molecular complexity index is 355. The van der Waals surface area contributed by atoms with Crippen molar-refractivity contribution in [2.75, 3.05) is 13.1 Å². The van der Waals surface area contributed by atoms with Crippen molar-refractivity contribution in [1.82, 2.24) is 10.2 Å². The molecule has 1 aliphatic heterocycles. The van der Waals surface area contributed by atoms with Crippen molar-refractivity contribution < 1.29 is 9.59 Å². The van der Waals surface area contributed by atoms with Crippen LogP contribution in [-0.2, 0) is 9.59 Å². The first-order chi connectivity index (χ1) is 8.70. The molecule has 4 heteroatoms. The maximum atomic E-state index is 12.6. The van der Waals surface area contributed by atoms with Gasteiger partial charge in [0.25, 0.3) is 0 Å². The number of piperazine rings is 1. The highest BCUT2D eigenvalue weighted by Crippen LogP contribution is 2.34. The van der Waals surface area contributed by atoms with Crippen LogP contribution < -0.4 is 5.32 Å². The van der Waals surface area contributed by atoms with Crippen LogP contribution in [0.15, 0.2) is 0 Å². The van der Waals surface area contributed by atoms with Gasteiger partial charge >= 0.3 is 0 Å². The van der Waals surface area contributed by atoms with Gasteiger partial charge in [0.05, 0.1) is 6.54 Å². The van der Waals surface area contributed by atoms with E-state index < -0.39 is 5.54 Å². The molecule has 3 fully saturated rings. The maximum Gasteiger partial charge on any atom is 0.248 e. The Labute approximate surface area is 108 Å². The zero-order valence-corrected chi connectivity index (χ0v) is 10.9. The first kappa shape index (κ1) is 12.0. The van der Waals surface area contributed by atoms with Crippen LogP contribution in [0.1, 0.15) is 51.4 Å². The van der Waals surface area contributed by atoms with E-state index in [9.17, 15) is 9.59 Å². The molecule has 0 radical (unpaired) electrons. The summed E-state index contributed by atoms with van der Waals surface area (Å²) < 4.78 is 0. The van der Waals surface area contributed by atoms with Crippen LogP contribution in [0.5, 0.6) is 0 Å². The average molecular weight is 250 g/mol. The van der Waals surface area contributed by atoms with Gasteiger partial charge in [0.1, 0.15) is 5.54 Å². The van der Waals surface area contributed by atoms with Crippen molar-refractivity contribution >= 4 is 11.8 Å². The summed E-state index contributed by atoms with van der Waals surface area (Å²) in [5, 5.41) is 2.97. The molecule has 2 saturated carbocycles. The zero-order valence-electron chi connectivity index (χ0n) is 10.9. The molecule has 0 bridgehead atoms. The molecule has 0 unspecified atom stereocenters. The van der Waals surface area contributed by atoms with E-state index in [1.54, 1.807) is 0 Å². The van der Waals surface area contributed by atoms with Crippen molar-refractivity contribution in [1.29, 1.82) is 0 Å². The minimum Gasteiger partial charge on any atom is -0.340 e. The van der Waals surface area contributed by atoms with Crippen LogP contribution in [0, 0.1) is 5.92 Å². The Kier molecular flexibility index (Phi) is 3.04. The molecule has 2 aliphatic carbocycles. The molecule has 100 valence electrons. The normalized spacial score (nSPS) is 28.1. The van der Waals surface area contributed by atoms with Crippen LogP contribution in [0.4, 0.5) is 0 Å². The second kappa shape index (κ2) is 4.56. The quantitative estimate of drug-likeness (QED) is 0.806. The molecule has 18 heavy (non-hydrogen) atoms. The largest absolute Gasteiger partial charge is 0.340 e. The van der Waals surface area contributed by atoms with Crippen molar-refractivity contribution in [3.05, 3.63) is 0 Å². The Morgan fingerprint density at radius 1 is 1.11 bits per heavy atom. The Balaban J connectivity index is 1.72. The summed E-state index contributed by atoms with van der Waals surface area (Å²) in [6.45, 7) is 1.07. The smallest absolute Gasteiger partial charge is 0.248 e. The fraction of sp³-hybridized carbons (Fsp3) is 0.857. The number of nitrogens with zero attached hydrogens (tertiary/aromatic N) is 1. The van der Waals surface area contributed by atoms with Crippen molar-refractivity contribution in [3.63, 3.8) is 0 Å². The summed E-state index contributed by atoms with van der Waals surface area (Å²) in [6.07, 6.45) is 8.79. The molecule has 0 aromatic heterocycles. The molecule has 1 N–H and O–H groups in total. The Hall–Kier alpha value is -1.06. The molecular weight excluding hydrogens is 228 g/mol. The highest BCUT2D eigenvalue weighted by molar-refractivity contribution is 5.98. The SMILES string of the molecule is O=C1CN(CC2CCCC2)C(=O)C2(CCCC2)N1. The minimum atomic E-state index is -0.534. The van der Waals surface area contributed by atoms with E-state index in [2.05, 4.69) is 5.32 Å². The predicted molar refractivity (Wildman–Crippen MR) is 67.9 cm³/mol. The lowest BCUT2D eigenvalue weighted by Crippen LogP contribution is -2.65. The van der Waals surface area contributed by atoms with Gasteiger partial charge in [-0.15, -0.1) is 0 Å². The molecule has 1 saturated heterocycles. The van der Waals surface area contributed by atoms with Gasteiger partial charge in [0, 0.05) is 6.54 Å². The zero-order chi connectivity index (χ0) is 12.6. The number of carbonyl (C=O) groups is 2. The summed E-state index contributed by atoms with van der Waals surface area (Å²) >= 11 is 0. The van der Waals surface area contributed by atoms with E-state index in [-0.39, 0.29) is 18.4 Å². The van der Waals surface area contributed by atoms with Crippen LogP contribution in [-0.4, -0.2) is 35.3 Å². The Morgan fingerprint density at radius 3 is 2.44 bits per heavy atom. The lowest BCUT2D eigenvalue weighted by molar-refractivity contribution is -0.150. The lowest BCUT2D eigenvalue weighted by atomic mass is 9.92. The summed E-state index contributed by atoms with van der Waals surface area (Å²) in [6, 6.07) is 0. The van der Waals surface area contributed by atoms with Gasteiger partial charge in [0.2, 0.25) is 11.8 Å². The highest BCUT2D eigenvalue weighted by Gasteiger charge is 2.48. The van der Waals surface area contributed by atoms with Gasteiger partial charge in [-0.1, -0.05) is 25.7 Å². The number of hydrogen-bond donors (Lipinski definition) is 1. The molecule has 2 amide bonds. The average Bonchev–Trinajstić information content (AvgIpc) is 2.97. The van der Waals surface area contributed by atoms with E-state index in [1.165, 1.54) is 25.7 Å². The van der Waals surface area contributed by atoms with E-state index in [1.807, 2.05) is 4.90 Å². The van der Waals surface area contributed by atoms with Gasteiger partial charge in [-0.2, -0.15) is 0 Å². The number of rotatable bonds is 2. The minimum absolute atomic E-state index is 0.0366. The summed E-state index contributed by atoms with van der Waals surface area (Å²) in [7, 11) is 0. The van der Waals surface area contributed by atoms with Crippen molar-refractivity contribution in [2.45, 2.75) is 56.9 Å². The van der Waals surface area contributed by atoms with Crippen LogP contribution in [0.25, 0.3) is 0 Å². The molecule has 1 heterocycles. The van der Waals surface area contributed by atoms with Crippen LogP contribution in [0.2, 0.25) is 0 Å². The second-order valence-corrected chi connectivity index (χ2v) is 6.17. The van der Waals surface area contributed by atoms with E-state index in [0.717, 1.165) is 32.2 Å². The first-order valence-electron chi connectivity index (χ1n) is 7.30. The summed E-state index contributed by atoms with van der Waals surface area (Å²) in [5.41, 5.74) is -0.534. The summed E-state index contributed by atoms with van der Waals surface area (Å²) in [4.78, 5) is 26.3. The predicted octanol–water partition coefficient (Wildman–Crippen LogP) is 1.45. The van der Waals surface area contributed by atoms with Crippen LogP contribution in [0.3, 0.4) is 0 Å². The maximum absolute atomic E-state index is 12.6.